The van der Waals surface area contributed by atoms with Crippen LogP contribution >= 0.6 is 23.4 Å². The molecule has 2 N–H and O–H groups in total. The van der Waals surface area contributed by atoms with E-state index in [0.717, 1.165) is 24.1 Å². The number of aromatic nitrogens is 2. The second-order valence-corrected chi connectivity index (χ2v) is 7.96. The number of anilines is 1. The number of rotatable bonds is 4. The van der Waals surface area contributed by atoms with Gasteiger partial charge < -0.3 is 10.3 Å². The van der Waals surface area contributed by atoms with Gasteiger partial charge in [0, 0.05) is 34.4 Å². The fourth-order valence-electron chi connectivity index (χ4n) is 3.64. The van der Waals surface area contributed by atoms with Gasteiger partial charge in [-0.05, 0) is 30.5 Å². The lowest BCUT2D eigenvalue weighted by atomic mass is 9.76. The van der Waals surface area contributed by atoms with Gasteiger partial charge in [-0.1, -0.05) is 41.6 Å². The van der Waals surface area contributed by atoms with E-state index in [-0.39, 0.29) is 11.3 Å². The van der Waals surface area contributed by atoms with Crippen molar-refractivity contribution >= 4 is 35.0 Å². The molecule has 1 aromatic heterocycles. The van der Waals surface area contributed by atoms with Crippen molar-refractivity contribution in [2.45, 2.75) is 30.3 Å². The van der Waals surface area contributed by atoms with Crippen LogP contribution in [0.25, 0.3) is 0 Å². The summed E-state index contributed by atoms with van der Waals surface area (Å²) in [5, 5.41) is 4.41. The second kappa shape index (κ2) is 7.37. The summed E-state index contributed by atoms with van der Waals surface area (Å²) in [4.78, 5) is 33.1. The number of fused-ring (bicyclic) bond motifs is 1. The Morgan fingerprint density at radius 3 is 2.78 bits per heavy atom. The molecule has 0 radical (unpaired) electrons. The van der Waals surface area contributed by atoms with Gasteiger partial charge in [0.2, 0.25) is 0 Å². The van der Waals surface area contributed by atoms with Gasteiger partial charge in [-0.25, -0.2) is 4.98 Å². The topological polar surface area (TPSA) is 74.8 Å². The van der Waals surface area contributed by atoms with E-state index < -0.39 is 5.92 Å². The molecule has 0 fully saturated rings. The number of aromatic amines is 1. The number of benzene rings is 1. The van der Waals surface area contributed by atoms with E-state index in [2.05, 4.69) is 21.9 Å². The van der Waals surface area contributed by atoms with E-state index in [9.17, 15) is 9.59 Å². The minimum atomic E-state index is -0.434. The Kier molecular flexibility index (Phi) is 4.93. The molecule has 4 rings (SSSR count). The van der Waals surface area contributed by atoms with Gasteiger partial charge in [0.15, 0.2) is 10.9 Å². The molecule has 7 heteroatoms. The van der Waals surface area contributed by atoms with Crippen LogP contribution in [0.5, 0.6) is 0 Å². The lowest BCUT2D eigenvalue weighted by Gasteiger charge is -2.32. The Morgan fingerprint density at radius 1 is 1.26 bits per heavy atom. The average Bonchev–Trinajstić information content (AvgIpc) is 2.65. The highest BCUT2D eigenvalue weighted by atomic mass is 35.5. The largest absolute Gasteiger partial charge is 0.343 e. The van der Waals surface area contributed by atoms with Crippen molar-refractivity contribution in [1.29, 1.82) is 0 Å². The van der Waals surface area contributed by atoms with Crippen molar-refractivity contribution in [3.05, 3.63) is 74.7 Å². The number of Topliss-reactive ketones (excluding diaryl/α,β-unsaturated/α-hetero) is 1. The normalized spacial score (nSPS) is 18.6. The Bertz CT molecular complexity index is 1010. The molecule has 0 saturated carbocycles. The molecule has 1 aliphatic heterocycles. The summed E-state index contributed by atoms with van der Waals surface area (Å²) in [7, 11) is 0. The van der Waals surface area contributed by atoms with Crippen molar-refractivity contribution in [3.63, 3.8) is 0 Å². The highest BCUT2D eigenvalue weighted by Crippen LogP contribution is 2.43. The molecular formula is C20H18ClN3O2S. The number of ketones is 1. The van der Waals surface area contributed by atoms with Crippen LogP contribution in [0.1, 0.15) is 36.3 Å². The molecule has 1 unspecified atom stereocenters. The third-order valence-corrected chi connectivity index (χ3v) is 5.90. The van der Waals surface area contributed by atoms with E-state index in [1.807, 2.05) is 12.1 Å². The molecule has 0 spiro atoms. The molecule has 1 atom stereocenters. The number of carbonyl (C=O) groups is 1. The molecule has 2 aliphatic rings. The zero-order chi connectivity index (χ0) is 19.0. The smallest absolute Gasteiger partial charge is 0.257 e. The standard InChI is InChI=1S/C20H18ClN3O2S/c1-2-10-27-20-23-18-17(19(26)24-20)15(11-6-8-12(21)9-7-11)16-13(22-18)4-3-5-14(16)25/h2,6-9,15H,1,3-5,10H2,(H2,22,23,24,26). The van der Waals surface area contributed by atoms with Gasteiger partial charge in [-0.2, -0.15) is 0 Å². The summed E-state index contributed by atoms with van der Waals surface area (Å²) >= 11 is 7.45. The Hall–Kier alpha value is -2.31. The highest BCUT2D eigenvalue weighted by molar-refractivity contribution is 7.99. The Morgan fingerprint density at radius 2 is 2.04 bits per heavy atom. The first-order valence-corrected chi connectivity index (χ1v) is 10.1. The van der Waals surface area contributed by atoms with E-state index in [0.29, 0.717) is 39.3 Å². The third-order valence-electron chi connectivity index (χ3n) is 4.78. The lowest BCUT2D eigenvalue weighted by Crippen LogP contribution is -2.32. The molecule has 0 saturated heterocycles. The summed E-state index contributed by atoms with van der Waals surface area (Å²) in [6.07, 6.45) is 3.83. The molecule has 2 heterocycles. The number of nitrogens with one attached hydrogen (secondary N) is 2. The second-order valence-electron chi connectivity index (χ2n) is 6.51. The first-order valence-electron chi connectivity index (χ1n) is 8.75. The molecule has 0 bridgehead atoms. The predicted octanol–water partition coefficient (Wildman–Crippen LogP) is 4.27. The number of nitrogens with zero attached hydrogens (tertiary/aromatic N) is 1. The van der Waals surface area contributed by atoms with Gasteiger partial charge >= 0.3 is 0 Å². The fourth-order valence-corrected chi connectivity index (χ4v) is 4.36. The van der Waals surface area contributed by atoms with Crippen LogP contribution < -0.4 is 10.9 Å². The zero-order valence-electron chi connectivity index (χ0n) is 14.5. The van der Waals surface area contributed by atoms with Crippen molar-refractivity contribution in [2.24, 2.45) is 0 Å². The Balaban J connectivity index is 1.90. The van der Waals surface area contributed by atoms with Crippen molar-refractivity contribution in [3.8, 4) is 0 Å². The fraction of sp³-hybridized carbons (Fsp3) is 0.250. The van der Waals surface area contributed by atoms with E-state index in [1.165, 1.54) is 11.8 Å². The quantitative estimate of drug-likeness (QED) is 0.456. The van der Waals surface area contributed by atoms with Crippen LogP contribution in [0.15, 0.2) is 58.1 Å². The molecule has 5 nitrogen and oxygen atoms in total. The van der Waals surface area contributed by atoms with Crippen molar-refractivity contribution in [1.82, 2.24) is 9.97 Å². The first-order chi connectivity index (χ1) is 13.1. The van der Waals surface area contributed by atoms with Gasteiger partial charge in [0.05, 0.1) is 5.56 Å². The molecule has 138 valence electrons. The van der Waals surface area contributed by atoms with E-state index in [1.54, 1.807) is 18.2 Å². The Labute approximate surface area is 165 Å². The molecule has 27 heavy (non-hydrogen) atoms. The summed E-state index contributed by atoms with van der Waals surface area (Å²) in [6.45, 7) is 3.69. The predicted molar refractivity (Wildman–Crippen MR) is 109 cm³/mol. The van der Waals surface area contributed by atoms with Gasteiger partial charge in [0.25, 0.3) is 5.56 Å². The van der Waals surface area contributed by atoms with Crippen molar-refractivity contribution < 1.29 is 4.79 Å². The van der Waals surface area contributed by atoms with Crippen LogP contribution in [0.2, 0.25) is 5.02 Å². The van der Waals surface area contributed by atoms with E-state index >= 15 is 0 Å². The molecule has 1 aromatic carbocycles. The number of halogens is 1. The highest BCUT2D eigenvalue weighted by Gasteiger charge is 2.37. The minimum absolute atomic E-state index is 0.0823. The number of H-pyrrole nitrogens is 1. The number of thioether (sulfide) groups is 1. The lowest BCUT2D eigenvalue weighted by molar-refractivity contribution is -0.116. The SMILES string of the molecule is C=CCSc1nc2c(c(=O)[nH]1)C(c1ccc(Cl)cc1)C1=C(CCCC1=O)N2. The molecule has 0 amide bonds. The first kappa shape index (κ1) is 18.1. The van der Waals surface area contributed by atoms with Crippen molar-refractivity contribution in [2.75, 3.05) is 11.1 Å². The zero-order valence-corrected chi connectivity index (χ0v) is 16.1. The van der Waals surface area contributed by atoms with Gasteiger partial charge in [-0.15, -0.1) is 6.58 Å². The maximum absolute atomic E-state index is 12.9. The summed E-state index contributed by atoms with van der Waals surface area (Å²) in [6, 6.07) is 7.30. The van der Waals surface area contributed by atoms with E-state index in [4.69, 9.17) is 11.6 Å². The van der Waals surface area contributed by atoms with Crippen LogP contribution in [-0.2, 0) is 4.79 Å². The number of hydrogen-bond donors (Lipinski definition) is 2. The van der Waals surface area contributed by atoms with Gasteiger partial charge in [-0.3, -0.25) is 9.59 Å². The van der Waals surface area contributed by atoms with Crippen LogP contribution in [0.4, 0.5) is 5.82 Å². The third kappa shape index (κ3) is 3.35. The number of carbonyl (C=O) groups excluding carboxylic acids is 1. The number of hydrogen-bond acceptors (Lipinski definition) is 5. The maximum atomic E-state index is 12.9. The molecular weight excluding hydrogens is 382 g/mol. The monoisotopic (exact) mass is 399 g/mol. The van der Waals surface area contributed by atoms with Crippen LogP contribution in [0, 0.1) is 0 Å². The summed E-state index contributed by atoms with van der Waals surface area (Å²) in [5.74, 6) is 0.822. The van der Waals surface area contributed by atoms with Crippen LogP contribution in [-0.4, -0.2) is 21.5 Å². The molecule has 1 aliphatic carbocycles. The minimum Gasteiger partial charge on any atom is -0.343 e. The average molecular weight is 400 g/mol. The van der Waals surface area contributed by atoms with Crippen LogP contribution in [0.3, 0.4) is 0 Å². The molecule has 2 aromatic rings. The van der Waals surface area contributed by atoms with Gasteiger partial charge in [0.1, 0.15) is 5.82 Å². The maximum Gasteiger partial charge on any atom is 0.257 e. The summed E-state index contributed by atoms with van der Waals surface area (Å²) in [5.41, 5.74) is 2.66. The summed E-state index contributed by atoms with van der Waals surface area (Å²) < 4.78 is 0. The number of allylic oxidation sites excluding steroid dienone is 2.